The number of carbonyl (C=O) groups is 2. The van der Waals surface area contributed by atoms with Gasteiger partial charge in [-0.3, -0.25) is 0 Å². The molecule has 174 valence electrons. The summed E-state index contributed by atoms with van der Waals surface area (Å²) in [6.45, 7) is 1.96. The number of aromatic carboxylic acids is 2. The van der Waals surface area contributed by atoms with E-state index in [0.717, 1.165) is 31.0 Å². The van der Waals surface area contributed by atoms with Crippen LogP contribution in [0.2, 0.25) is 0 Å². The predicted molar refractivity (Wildman–Crippen MR) is 120 cm³/mol. The van der Waals surface area contributed by atoms with Crippen LogP contribution in [-0.4, -0.2) is 65.1 Å². The Morgan fingerprint density at radius 1 is 1.12 bits per heavy atom. The van der Waals surface area contributed by atoms with Crippen LogP contribution in [-0.2, 0) is 12.0 Å². The normalized spacial score (nSPS) is 24.9. The summed E-state index contributed by atoms with van der Waals surface area (Å²) in [7, 11) is 3.84. The third kappa shape index (κ3) is 4.07. The maximum absolute atomic E-state index is 10.5. The lowest BCUT2D eigenvalue weighted by Gasteiger charge is -2.35. The summed E-state index contributed by atoms with van der Waals surface area (Å²) < 4.78 is 11.8. The van der Waals surface area contributed by atoms with Crippen molar-refractivity contribution in [3.8, 4) is 11.5 Å². The van der Waals surface area contributed by atoms with Crippen molar-refractivity contribution >= 4 is 11.9 Å². The Morgan fingerprint density at radius 2 is 1.79 bits per heavy atom. The first kappa shape index (κ1) is 22.8. The summed E-state index contributed by atoms with van der Waals surface area (Å²) in [6, 6.07) is 9.63. The molecule has 3 aliphatic rings. The van der Waals surface area contributed by atoms with E-state index < -0.39 is 18.0 Å². The fraction of sp³-hybridized carbons (Fsp3) is 0.360. The first-order chi connectivity index (χ1) is 15.8. The summed E-state index contributed by atoms with van der Waals surface area (Å²) in [5.74, 6) is -0.773. The number of benzene rings is 2. The zero-order valence-corrected chi connectivity index (χ0v) is 18.5. The minimum Gasteiger partial charge on any atom is -0.493 e. The second-order valence-corrected chi connectivity index (χ2v) is 8.58. The highest BCUT2D eigenvalue weighted by Gasteiger charge is 2.52. The van der Waals surface area contributed by atoms with Gasteiger partial charge >= 0.3 is 11.9 Å². The molecule has 8 nitrogen and oxygen atoms in total. The van der Waals surface area contributed by atoms with Gasteiger partial charge in [0.1, 0.15) is 6.10 Å². The topological polar surface area (TPSA) is 117 Å². The molecule has 0 saturated heterocycles. The summed E-state index contributed by atoms with van der Waals surface area (Å²) >= 11 is 0. The van der Waals surface area contributed by atoms with E-state index in [2.05, 4.69) is 24.1 Å². The Balaban J connectivity index is 0.000000185. The molecule has 8 heteroatoms. The van der Waals surface area contributed by atoms with Crippen molar-refractivity contribution in [2.75, 3.05) is 20.7 Å². The third-order valence-electron chi connectivity index (χ3n) is 6.53. The highest BCUT2D eigenvalue weighted by molar-refractivity contribution is 6.01. The van der Waals surface area contributed by atoms with E-state index in [1.165, 1.54) is 35.4 Å². The van der Waals surface area contributed by atoms with Crippen molar-refractivity contribution in [3.05, 3.63) is 70.8 Å². The van der Waals surface area contributed by atoms with Gasteiger partial charge in [-0.2, -0.15) is 0 Å². The van der Waals surface area contributed by atoms with Crippen LogP contribution in [0.25, 0.3) is 0 Å². The fourth-order valence-electron chi connectivity index (χ4n) is 4.93. The Labute approximate surface area is 191 Å². The molecule has 2 aromatic rings. The first-order valence-electron chi connectivity index (χ1n) is 10.8. The van der Waals surface area contributed by atoms with Crippen molar-refractivity contribution in [2.45, 2.75) is 37.0 Å². The molecule has 2 aromatic carbocycles. The van der Waals surface area contributed by atoms with E-state index in [1.54, 1.807) is 7.11 Å². The van der Waals surface area contributed by atoms with E-state index in [-0.39, 0.29) is 22.6 Å². The van der Waals surface area contributed by atoms with Crippen LogP contribution < -0.4 is 9.47 Å². The molecule has 0 bridgehead atoms. The molecule has 0 amide bonds. The molecular weight excluding hydrogens is 426 g/mol. The average molecular weight is 453 g/mol. The van der Waals surface area contributed by atoms with Gasteiger partial charge in [-0.25, -0.2) is 9.59 Å². The van der Waals surface area contributed by atoms with Gasteiger partial charge in [-0.15, -0.1) is 0 Å². The molecule has 0 radical (unpaired) electrons. The van der Waals surface area contributed by atoms with Crippen molar-refractivity contribution in [1.82, 2.24) is 4.90 Å². The van der Waals surface area contributed by atoms with E-state index >= 15 is 0 Å². The smallest absolute Gasteiger partial charge is 0.336 e. The van der Waals surface area contributed by atoms with Crippen molar-refractivity contribution in [2.24, 2.45) is 0 Å². The van der Waals surface area contributed by atoms with E-state index in [1.807, 2.05) is 12.1 Å². The molecule has 2 aliphatic heterocycles. The molecule has 0 unspecified atom stereocenters. The minimum atomic E-state index is -1.23. The maximum atomic E-state index is 10.5. The lowest BCUT2D eigenvalue weighted by molar-refractivity contribution is 0.0651. The van der Waals surface area contributed by atoms with Crippen LogP contribution >= 0.6 is 0 Å². The van der Waals surface area contributed by atoms with Gasteiger partial charge in [0.2, 0.25) is 0 Å². The molecule has 0 fully saturated rings. The largest absolute Gasteiger partial charge is 0.493 e. The van der Waals surface area contributed by atoms with Gasteiger partial charge in [-0.05, 0) is 43.8 Å². The first-order valence-corrected chi connectivity index (χ1v) is 10.8. The highest BCUT2D eigenvalue weighted by atomic mass is 16.5. The highest BCUT2D eigenvalue weighted by Crippen LogP contribution is 2.55. The summed E-state index contributed by atoms with van der Waals surface area (Å²) in [5, 5.41) is 27.1. The Bertz CT molecular complexity index is 1080. The number of carboxylic acids is 2. The minimum absolute atomic E-state index is 0.00838. The monoisotopic (exact) mass is 453 g/mol. The summed E-state index contributed by atoms with van der Waals surface area (Å²) in [6.07, 6.45) is 5.38. The van der Waals surface area contributed by atoms with Gasteiger partial charge in [0, 0.05) is 18.5 Å². The summed E-state index contributed by atoms with van der Waals surface area (Å²) in [5.41, 5.74) is 2.10. The molecule has 0 saturated carbocycles. The number of aliphatic hydroxyl groups is 1. The number of carboxylic acid groups (broad SMARTS) is 2. The Morgan fingerprint density at radius 3 is 2.39 bits per heavy atom. The van der Waals surface area contributed by atoms with Gasteiger partial charge in [-0.1, -0.05) is 30.4 Å². The van der Waals surface area contributed by atoms with Crippen LogP contribution in [0.4, 0.5) is 0 Å². The van der Waals surface area contributed by atoms with Crippen LogP contribution in [0.15, 0.2) is 48.6 Å². The molecular formula is C25H27NO7. The number of ether oxygens (including phenoxy) is 2. The van der Waals surface area contributed by atoms with Crippen LogP contribution in [0, 0.1) is 0 Å². The zero-order valence-electron chi connectivity index (χ0n) is 18.5. The predicted octanol–water partition coefficient (Wildman–Crippen LogP) is 2.93. The van der Waals surface area contributed by atoms with Gasteiger partial charge in [0.15, 0.2) is 11.5 Å². The molecule has 3 N–H and O–H groups in total. The van der Waals surface area contributed by atoms with E-state index in [0.29, 0.717) is 6.42 Å². The SMILES string of the molecule is COc1ccc2c3c1O[C@H]1C[C@@H](O)C=C[C@@]31CCN(C)C2.O=C(O)c1ccccc1C(=O)O. The average Bonchev–Trinajstić information content (AvgIpc) is 3.05. The van der Waals surface area contributed by atoms with Crippen molar-refractivity contribution in [3.63, 3.8) is 0 Å². The van der Waals surface area contributed by atoms with Crippen molar-refractivity contribution < 1.29 is 34.4 Å². The molecule has 5 rings (SSSR count). The zero-order chi connectivity index (χ0) is 23.8. The lowest BCUT2D eigenvalue weighted by atomic mass is 9.69. The Kier molecular flexibility index (Phi) is 6.14. The Hall–Kier alpha value is -3.36. The molecule has 2 heterocycles. The molecule has 1 spiro atoms. The molecule has 33 heavy (non-hydrogen) atoms. The quantitative estimate of drug-likeness (QED) is 0.608. The number of hydrogen-bond donors (Lipinski definition) is 3. The van der Waals surface area contributed by atoms with E-state index in [4.69, 9.17) is 19.7 Å². The number of rotatable bonds is 3. The van der Waals surface area contributed by atoms with E-state index in [9.17, 15) is 14.7 Å². The molecule has 0 aromatic heterocycles. The molecule has 1 aliphatic carbocycles. The van der Waals surface area contributed by atoms with Crippen LogP contribution in [0.3, 0.4) is 0 Å². The second kappa shape index (κ2) is 8.88. The number of hydrogen-bond acceptors (Lipinski definition) is 6. The van der Waals surface area contributed by atoms with Gasteiger partial charge in [0.05, 0.1) is 29.8 Å². The standard InChI is InChI=1S/C17H21NO3.C8H6O4/c1-18-8-7-17-6-5-12(19)9-14(17)21-16-13(20-2)4-3-11(10-18)15(16)17;9-7(10)5-3-1-2-4-6(5)8(11)12/h3-6,12,14,19H,7-10H2,1-2H3;1-4H,(H,9,10)(H,11,12)/t12-,14-,17-;/m0./s1. The van der Waals surface area contributed by atoms with Crippen molar-refractivity contribution in [1.29, 1.82) is 0 Å². The lowest BCUT2D eigenvalue weighted by Crippen LogP contribution is -2.42. The second-order valence-electron chi connectivity index (χ2n) is 8.58. The number of nitrogens with zero attached hydrogens (tertiary/aromatic N) is 1. The maximum Gasteiger partial charge on any atom is 0.336 e. The van der Waals surface area contributed by atoms with Crippen LogP contribution in [0.5, 0.6) is 11.5 Å². The fourth-order valence-corrected chi connectivity index (χ4v) is 4.93. The summed E-state index contributed by atoms with van der Waals surface area (Å²) in [4.78, 5) is 23.3. The third-order valence-corrected chi connectivity index (χ3v) is 6.53. The van der Waals surface area contributed by atoms with Gasteiger partial charge in [0.25, 0.3) is 0 Å². The van der Waals surface area contributed by atoms with Crippen LogP contribution in [0.1, 0.15) is 44.7 Å². The van der Waals surface area contributed by atoms with Gasteiger partial charge < -0.3 is 29.7 Å². The number of aliphatic hydroxyl groups excluding tert-OH is 1. The number of methoxy groups -OCH3 is 1. The molecule has 3 atom stereocenters.